The van der Waals surface area contributed by atoms with Crippen molar-refractivity contribution in [2.45, 2.75) is 0 Å². The predicted molar refractivity (Wildman–Crippen MR) is 71.2 cm³/mol. The number of ether oxygens (including phenoxy) is 1. The van der Waals surface area contributed by atoms with Gasteiger partial charge in [-0.05, 0) is 12.1 Å². The van der Waals surface area contributed by atoms with Gasteiger partial charge in [0.15, 0.2) is 11.6 Å². The summed E-state index contributed by atoms with van der Waals surface area (Å²) in [5, 5.41) is 10.8. The van der Waals surface area contributed by atoms with E-state index in [0.29, 0.717) is 0 Å². The first-order valence-electron chi connectivity index (χ1n) is 5.44. The number of halogens is 1. The van der Waals surface area contributed by atoms with Crippen LogP contribution in [0.5, 0.6) is 11.5 Å². The smallest absolute Gasteiger partial charge is 0.409 e. The van der Waals surface area contributed by atoms with Crippen molar-refractivity contribution in [2.24, 2.45) is 0 Å². The van der Waals surface area contributed by atoms with Gasteiger partial charge in [0.05, 0.1) is 5.69 Å². The van der Waals surface area contributed by atoms with E-state index in [4.69, 9.17) is 21.3 Å². The molecule has 2 aromatic rings. The number of hydrogen-bond donors (Lipinski definition) is 4. The summed E-state index contributed by atoms with van der Waals surface area (Å²) in [7, 11) is 0. The molecule has 20 heavy (non-hydrogen) atoms. The van der Waals surface area contributed by atoms with Crippen molar-refractivity contribution in [1.29, 1.82) is 0 Å². The third-order valence-electron chi connectivity index (χ3n) is 2.37. The van der Waals surface area contributed by atoms with E-state index < -0.39 is 11.9 Å². The van der Waals surface area contributed by atoms with E-state index in [1.807, 2.05) is 0 Å². The van der Waals surface area contributed by atoms with Gasteiger partial charge in [0.25, 0.3) is 0 Å². The fourth-order valence-corrected chi connectivity index (χ4v) is 1.48. The van der Waals surface area contributed by atoms with Crippen molar-refractivity contribution < 1.29 is 19.0 Å². The molecule has 0 saturated carbocycles. The maximum Gasteiger partial charge on any atom is 0.409 e. The molecule has 0 bridgehead atoms. The van der Waals surface area contributed by atoms with Crippen LogP contribution in [0.1, 0.15) is 0 Å². The topological polar surface area (TPSA) is 123 Å². The monoisotopic (exact) mass is 278 g/mol. The molecule has 104 valence electrons. The van der Waals surface area contributed by atoms with Gasteiger partial charge < -0.3 is 21.3 Å². The molecule has 0 saturated heterocycles. The number of anilines is 3. The number of amides is 1. The number of carboxylic acid groups (broad SMARTS) is 1. The van der Waals surface area contributed by atoms with E-state index in [2.05, 4.69) is 10.3 Å². The number of pyridine rings is 1. The Morgan fingerprint density at radius 3 is 2.75 bits per heavy atom. The van der Waals surface area contributed by atoms with Crippen LogP contribution in [0.3, 0.4) is 0 Å². The lowest BCUT2D eigenvalue weighted by atomic mass is 10.3. The molecule has 8 heteroatoms. The number of nitrogens with two attached hydrogens (primary N) is 2. The van der Waals surface area contributed by atoms with E-state index in [0.717, 1.165) is 6.07 Å². The molecule has 0 spiro atoms. The SMILES string of the molecule is Nc1ccc(Oc2ccnc(N)c2NC(=O)O)cc1F. The van der Waals surface area contributed by atoms with Crippen LogP contribution < -0.4 is 21.5 Å². The molecule has 0 fully saturated rings. The molecule has 0 aliphatic rings. The van der Waals surface area contributed by atoms with E-state index in [-0.39, 0.29) is 28.7 Å². The lowest BCUT2D eigenvalue weighted by Crippen LogP contribution is -2.11. The van der Waals surface area contributed by atoms with E-state index in [9.17, 15) is 9.18 Å². The molecule has 1 heterocycles. The fraction of sp³-hybridized carbons (Fsp3) is 0. The molecule has 1 amide bonds. The van der Waals surface area contributed by atoms with Crippen molar-refractivity contribution in [2.75, 3.05) is 16.8 Å². The lowest BCUT2D eigenvalue weighted by Gasteiger charge is -2.12. The number of nitrogens with one attached hydrogen (secondary N) is 1. The average molecular weight is 278 g/mol. The highest BCUT2D eigenvalue weighted by Crippen LogP contribution is 2.33. The lowest BCUT2D eigenvalue weighted by molar-refractivity contribution is 0.209. The standard InChI is InChI=1S/C12H11FN4O3/c13-7-5-6(1-2-8(7)14)20-9-3-4-16-11(15)10(9)17-12(18)19/h1-5,17H,14H2,(H2,15,16)(H,18,19). The average Bonchev–Trinajstić information content (AvgIpc) is 2.38. The Bertz CT molecular complexity index is 663. The van der Waals surface area contributed by atoms with E-state index in [1.165, 1.54) is 24.4 Å². The number of rotatable bonds is 3. The minimum Gasteiger partial charge on any atom is -0.465 e. The van der Waals surface area contributed by atoms with Gasteiger partial charge in [0, 0.05) is 18.3 Å². The van der Waals surface area contributed by atoms with Crippen LogP contribution >= 0.6 is 0 Å². The number of aromatic nitrogens is 1. The molecule has 2 rings (SSSR count). The first-order chi connectivity index (χ1) is 9.47. The van der Waals surface area contributed by atoms with Crippen LogP contribution in [0.15, 0.2) is 30.5 Å². The van der Waals surface area contributed by atoms with Crippen molar-refractivity contribution in [3.8, 4) is 11.5 Å². The summed E-state index contributed by atoms with van der Waals surface area (Å²) in [6, 6.07) is 5.26. The highest BCUT2D eigenvalue weighted by Gasteiger charge is 2.13. The summed E-state index contributed by atoms with van der Waals surface area (Å²) in [4.78, 5) is 14.4. The van der Waals surface area contributed by atoms with Gasteiger partial charge in [-0.15, -0.1) is 0 Å². The molecule has 0 aliphatic heterocycles. The van der Waals surface area contributed by atoms with Gasteiger partial charge in [0.1, 0.15) is 17.3 Å². The van der Waals surface area contributed by atoms with Crippen LogP contribution in [0, 0.1) is 5.82 Å². The Kier molecular flexibility index (Phi) is 3.56. The molecule has 0 radical (unpaired) electrons. The Labute approximate surface area is 113 Å². The molecule has 1 aromatic carbocycles. The van der Waals surface area contributed by atoms with Crippen LogP contribution in [-0.2, 0) is 0 Å². The van der Waals surface area contributed by atoms with Gasteiger partial charge in [-0.1, -0.05) is 0 Å². The zero-order valence-corrected chi connectivity index (χ0v) is 10.1. The van der Waals surface area contributed by atoms with Crippen LogP contribution in [0.4, 0.5) is 26.4 Å². The summed E-state index contributed by atoms with van der Waals surface area (Å²) in [5.41, 5.74) is 10.9. The number of nitrogen functional groups attached to an aromatic ring is 2. The quantitative estimate of drug-likeness (QED) is 0.638. The van der Waals surface area contributed by atoms with Crippen molar-refractivity contribution in [1.82, 2.24) is 4.98 Å². The van der Waals surface area contributed by atoms with Crippen molar-refractivity contribution in [3.05, 3.63) is 36.3 Å². The maximum atomic E-state index is 13.3. The van der Waals surface area contributed by atoms with Gasteiger partial charge in [-0.3, -0.25) is 5.32 Å². The molecule has 1 aromatic heterocycles. The summed E-state index contributed by atoms with van der Waals surface area (Å²) in [6.45, 7) is 0. The normalized spacial score (nSPS) is 10.1. The number of nitrogens with zero attached hydrogens (tertiary/aromatic N) is 1. The number of hydrogen-bond acceptors (Lipinski definition) is 5. The second-order valence-corrected chi connectivity index (χ2v) is 3.78. The Morgan fingerprint density at radius 2 is 2.10 bits per heavy atom. The maximum absolute atomic E-state index is 13.3. The second-order valence-electron chi connectivity index (χ2n) is 3.78. The summed E-state index contributed by atoms with van der Waals surface area (Å²) < 4.78 is 18.7. The molecule has 0 aliphatic carbocycles. The molecular weight excluding hydrogens is 267 g/mol. The van der Waals surface area contributed by atoms with E-state index >= 15 is 0 Å². The first kappa shape index (κ1) is 13.4. The molecule has 6 N–H and O–H groups in total. The largest absolute Gasteiger partial charge is 0.465 e. The zero-order chi connectivity index (χ0) is 14.7. The summed E-state index contributed by atoms with van der Waals surface area (Å²) in [6.07, 6.45) is 0.0174. The van der Waals surface area contributed by atoms with Crippen LogP contribution in [0.2, 0.25) is 0 Å². The Hall–Kier alpha value is -3.03. The van der Waals surface area contributed by atoms with Gasteiger partial charge >= 0.3 is 6.09 Å². The summed E-state index contributed by atoms with van der Waals surface area (Å²) >= 11 is 0. The third-order valence-corrected chi connectivity index (χ3v) is 2.37. The second kappa shape index (κ2) is 5.31. The van der Waals surface area contributed by atoms with Gasteiger partial charge in [-0.25, -0.2) is 14.2 Å². The van der Waals surface area contributed by atoms with Crippen molar-refractivity contribution in [3.63, 3.8) is 0 Å². The number of carbonyl (C=O) groups is 1. The first-order valence-corrected chi connectivity index (χ1v) is 5.44. The Balaban J connectivity index is 2.35. The van der Waals surface area contributed by atoms with E-state index in [1.54, 1.807) is 0 Å². The van der Waals surface area contributed by atoms with Crippen LogP contribution in [0.25, 0.3) is 0 Å². The van der Waals surface area contributed by atoms with Gasteiger partial charge in [0.2, 0.25) is 0 Å². The van der Waals surface area contributed by atoms with Crippen LogP contribution in [-0.4, -0.2) is 16.2 Å². The minimum absolute atomic E-state index is 0.0165. The minimum atomic E-state index is -1.32. The molecule has 7 nitrogen and oxygen atoms in total. The Morgan fingerprint density at radius 1 is 1.35 bits per heavy atom. The molecular formula is C12H11FN4O3. The fourth-order valence-electron chi connectivity index (χ4n) is 1.48. The zero-order valence-electron chi connectivity index (χ0n) is 10.1. The van der Waals surface area contributed by atoms with Gasteiger partial charge in [-0.2, -0.15) is 0 Å². The third kappa shape index (κ3) is 2.86. The predicted octanol–water partition coefficient (Wildman–Crippen LogP) is 2.27. The number of benzene rings is 1. The summed E-state index contributed by atoms with van der Waals surface area (Å²) in [5.74, 6) is -0.446. The molecule has 0 atom stereocenters. The highest BCUT2D eigenvalue weighted by atomic mass is 19.1. The highest BCUT2D eigenvalue weighted by molar-refractivity contribution is 5.89. The molecule has 0 unspecified atom stereocenters. The van der Waals surface area contributed by atoms with Crippen molar-refractivity contribution >= 4 is 23.3 Å².